The quantitative estimate of drug-likeness (QED) is 0.393. The van der Waals surface area contributed by atoms with Crippen molar-refractivity contribution in [3.8, 4) is 0 Å². The van der Waals surface area contributed by atoms with Crippen LogP contribution in [0.5, 0.6) is 0 Å². The highest BCUT2D eigenvalue weighted by molar-refractivity contribution is 6.04. The Morgan fingerprint density at radius 3 is 1.79 bits per heavy atom. The van der Waals surface area contributed by atoms with E-state index in [-0.39, 0.29) is 0 Å². The molecule has 0 amide bonds. The Morgan fingerprint density at radius 1 is 0.735 bits per heavy atom. The number of hydrogen-bond acceptors (Lipinski definition) is 3. The fourth-order valence-electron chi connectivity index (χ4n) is 4.83. The average Bonchev–Trinajstić information content (AvgIpc) is 3.21. The highest BCUT2D eigenvalue weighted by atomic mass is 16.4. The van der Waals surface area contributed by atoms with Gasteiger partial charge in [0.1, 0.15) is 5.84 Å². The molecule has 1 aliphatic heterocycles. The Morgan fingerprint density at radius 2 is 1.24 bits per heavy atom. The zero-order valence-corrected chi connectivity index (χ0v) is 18.8. The molecule has 0 aliphatic carbocycles. The van der Waals surface area contributed by atoms with Gasteiger partial charge in [0.25, 0.3) is 0 Å². The lowest BCUT2D eigenvalue weighted by molar-refractivity contribution is -0.144. The third-order valence-electron chi connectivity index (χ3n) is 6.37. The van der Waals surface area contributed by atoms with E-state index in [4.69, 9.17) is 4.99 Å². The van der Waals surface area contributed by atoms with Gasteiger partial charge in [0, 0.05) is 18.5 Å². The lowest BCUT2D eigenvalue weighted by Crippen LogP contribution is -2.47. The van der Waals surface area contributed by atoms with Gasteiger partial charge in [-0.25, -0.2) is 9.79 Å². The van der Waals surface area contributed by atoms with E-state index in [1.165, 1.54) is 0 Å². The monoisotopic (exact) mass is 446 g/mol. The SMILES string of the molecule is O=C(O)[C@@]1(Cc2ccccc2)N=C(c2ccccc2)N(Cc2ccccc2)[C@H]1c1ccccc1. The number of hydrogen-bond donors (Lipinski definition) is 1. The standard InChI is InChI=1S/C30H26N2O2/c33-29(34)30(21-23-13-5-1-6-14-23)27(25-17-9-3-10-18-25)32(22-24-15-7-2-8-16-24)28(31-30)26-19-11-4-12-20-26/h1-20,27H,21-22H2,(H,33,34)/t27-,30-/m0/s1. The first-order valence-corrected chi connectivity index (χ1v) is 11.5. The van der Waals surface area contributed by atoms with Crippen LogP contribution in [-0.2, 0) is 17.8 Å². The molecule has 0 aromatic heterocycles. The minimum Gasteiger partial charge on any atom is -0.479 e. The summed E-state index contributed by atoms with van der Waals surface area (Å²) in [6, 6.07) is 39.3. The number of nitrogens with zero attached hydrogens (tertiary/aromatic N) is 2. The first-order chi connectivity index (χ1) is 16.7. The van der Waals surface area contributed by atoms with Crippen molar-refractivity contribution < 1.29 is 9.90 Å². The van der Waals surface area contributed by atoms with Crippen molar-refractivity contribution in [2.45, 2.75) is 24.5 Å². The second-order valence-corrected chi connectivity index (χ2v) is 8.62. The average molecular weight is 447 g/mol. The van der Waals surface area contributed by atoms with Crippen molar-refractivity contribution in [1.29, 1.82) is 0 Å². The van der Waals surface area contributed by atoms with Gasteiger partial charge < -0.3 is 10.0 Å². The molecule has 0 saturated heterocycles. The summed E-state index contributed by atoms with van der Waals surface area (Å²) in [5.74, 6) is -0.217. The summed E-state index contributed by atoms with van der Waals surface area (Å²) >= 11 is 0. The molecule has 4 aromatic rings. The lowest BCUT2D eigenvalue weighted by Gasteiger charge is -2.36. The summed E-state index contributed by atoms with van der Waals surface area (Å²) in [6.45, 7) is 0.554. The Bertz CT molecular complexity index is 1270. The van der Waals surface area contributed by atoms with E-state index in [1.807, 2.05) is 109 Å². The highest BCUT2D eigenvalue weighted by Gasteiger charge is 2.55. The molecule has 1 aliphatic rings. The summed E-state index contributed by atoms with van der Waals surface area (Å²) < 4.78 is 0. The molecule has 4 aromatic carbocycles. The van der Waals surface area contributed by atoms with E-state index in [1.54, 1.807) is 0 Å². The minimum atomic E-state index is -1.37. The van der Waals surface area contributed by atoms with Gasteiger partial charge in [-0.2, -0.15) is 0 Å². The Kier molecular flexibility index (Phi) is 5.96. The summed E-state index contributed by atoms with van der Waals surface area (Å²) in [5.41, 5.74) is 2.53. The van der Waals surface area contributed by atoms with Crippen molar-refractivity contribution >= 4 is 11.8 Å². The first-order valence-electron chi connectivity index (χ1n) is 11.5. The molecule has 0 spiro atoms. The van der Waals surface area contributed by atoms with Crippen LogP contribution in [0.25, 0.3) is 0 Å². The van der Waals surface area contributed by atoms with Crippen LogP contribution in [0.1, 0.15) is 28.3 Å². The molecule has 0 saturated carbocycles. The molecular formula is C30H26N2O2. The third-order valence-corrected chi connectivity index (χ3v) is 6.37. The van der Waals surface area contributed by atoms with Crippen LogP contribution in [0.3, 0.4) is 0 Å². The molecule has 4 nitrogen and oxygen atoms in total. The number of aliphatic carboxylic acids is 1. The number of rotatable bonds is 7. The van der Waals surface area contributed by atoms with Gasteiger partial charge in [-0.1, -0.05) is 121 Å². The van der Waals surface area contributed by atoms with Gasteiger partial charge in [0.2, 0.25) is 0 Å². The van der Waals surface area contributed by atoms with E-state index in [9.17, 15) is 9.90 Å². The molecule has 1 N–H and O–H groups in total. The largest absolute Gasteiger partial charge is 0.479 e. The lowest BCUT2D eigenvalue weighted by atomic mass is 9.80. The maximum atomic E-state index is 13.2. The van der Waals surface area contributed by atoms with E-state index >= 15 is 0 Å². The molecular weight excluding hydrogens is 420 g/mol. The van der Waals surface area contributed by atoms with Crippen molar-refractivity contribution in [1.82, 2.24) is 4.90 Å². The summed E-state index contributed by atoms with van der Waals surface area (Å²) in [7, 11) is 0. The van der Waals surface area contributed by atoms with E-state index in [2.05, 4.69) is 17.0 Å². The zero-order chi connectivity index (χ0) is 23.4. The summed E-state index contributed by atoms with van der Waals surface area (Å²) in [6.07, 6.45) is 0.296. The predicted molar refractivity (Wildman–Crippen MR) is 135 cm³/mol. The summed E-state index contributed by atoms with van der Waals surface area (Å²) in [4.78, 5) is 20.4. The number of carbonyl (C=O) groups is 1. The molecule has 0 unspecified atom stereocenters. The fraction of sp³-hybridized carbons (Fsp3) is 0.133. The second kappa shape index (κ2) is 9.36. The number of amidine groups is 1. The summed E-state index contributed by atoms with van der Waals surface area (Å²) in [5, 5.41) is 10.8. The molecule has 2 atom stereocenters. The Balaban J connectivity index is 1.72. The van der Waals surface area contributed by atoms with Crippen molar-refractivity contribution in [2.75, 3.05) is 0 Å². The van der Waals surface area contributed by atoms with E-state index in [0.717, 1.165) is 22.3 Å². The number of aliphatic imine (C=N–C) groups is 1. The molecule has 168 valence electrons. The fourth-order valence-corrected chi connectivity index (χ4v) is 4.83. The van der Waals surface area contributed by atoms with Gasteiger partial charge in [0.05, 0.1) is 6.04 Å². The van der Waals surface area contributed by atoms with Gasteiger partial charge in [-0.05, 0) is 16.7 Å². The normalized spacial score (nSPS) is 19.6. The van der Waals surface area contributed by atoms with Gasteiger partial charge in [-0.15, -0.1) is 0 Å². The second-order valence-electron chi connectivity index (χ2n) is 8.62. The number of carboxylic acids is 1. The van der Waals surface area contributed by atoms with Crippen molar-refractivity contribution in [2.24, 2.45) is 4.99 Å². The molecule has 4 heteroatoms. The first kappa shape index (κ1) is 21.7. The molecule has 1 heterocycles. The maximum Gasteiger partial charge on any atom is 0.334 e. The molecule has 0 fully saturated rings. The molecule has 34 heavy (non-hydrogen) atoms. The van der Waals surface area contributed by atoms with Crippen molar-refractivity contribution in [3.63, 3.8) is 0 Å². The molecule has 5 rings (SSSR count). The molecule has 0 bridgehead atoms. The van der Waals surface area contributed by atoms with E-state index in [0.29, 0.717) is 18.8 Å². The van der Waals surface area contributed by atoms with Crippen molar-refractivity contribution in [3.05, 3.63) is 144 Å². The minimum absolute atomic E-state index is 0.296. The van der Waals surface area contributed by atoms with Gasteiger partial charge in [0.15, 0.2) is 5.54 Å². The van der Waals surface area contributed by atoms with E-state index < -0.39 is 17.6 Å². The van der Waals surface area contributed by atoms with Crippen LogP contribution in [-0.4, -0.2) is 27.4 Å². The number of carboxylic acid groups (broad SMARTS) is 1. The zero-order valence-electron chi connectivity index (χ0n) is 18.8. The molecule has 0 radical (unpaired) electrons. The highest BCUT2D eigenvalue weighted by Crippen LogP contribution is 2.45. The van der Waals surface area contributed by atoms with Crippen LogP contribution in [0, 0.1) is 0 Å². The smallest absolute Gasteiger partial charge is 0.334 e. The maximum absolute atomic E-state index is 13.2. The van der Waals surface area contributed by atoms with Crippen LogP contribution < -0.4 is 0 Å². The predicted octanol–water partition coefficient (Wildman–Crippen LogP) is 5.76. The van der Waals surface area contributed by atoms with Crippen LogP contribution in [0.15, 0.2) is 126 Å². The van der Waals surface area contributed by atoms with Gasteiger partial charge in [-0.3, -0.25) is 0 Å². The third kappa shape index (κ3) is 4.11. The number of benzene rings is 4. The van der Waals surface area contributed by atoms with Gasteiger partial charge >= 0.3 is 5.97 Å². The van der Waals surface area contributed by atoms with Crippen LogP contribution in [0.4, 0.5) is 0 Å². The Hall–Kier alpha value is -4.18. The van der Waals surface area contributed by atoms with Crippen LogP contribution >= 0.6 is 0 Å². The topological polar surface area (TPSA) is 52.9 Å². The Labute approximate surface area is 199 Å². The van der Waals surface area contributed by atoms with Crippen LogP contribution in [0.2, 0.25) is 0 Å².